The van der Waals surface area contributed by atoms with Gasteiger partial charge in [-0.1, -0.05) is 45.4 Å². The summed E-state index contributed by atoms with van der Waals surface area (Å²) >= 11 is 0. The Hall–Kier alpha value is -6.45. The predicted octanol–water partition coefficient (Wildman–Crippen LogP) is -6.92. The second kappa shape index (κ2) is 34.1. The van der Waals surface area contributed by atoms with E-state index in [1.54, 1.807) is 46.8 Å². The Morgan fingerprint density at radius 1 is 0.617 bits per heavy atom. The number of hydrogen-bond acceptors (Lipinski definition) is 19. The van der Waals surface area contributed by atoms with Crippen molar-refractivity contribution in [3.8, 4) is 0 Å². The zero-order valence-corrected chi connectivity index (χ0v) is 48.0. The maximum absolute atomic E-state index is 14.4. The molecule has 0 unspecified atom stereocenters. The van der Waals surface area contributed by atoms with Crippen LogP contribution in [0.4, 0.5) is 0 Å². The molecule has 458 valence electrons. The smallest absolute Gasteiger partial charge is 0.272 e. The normalized spacial score (nSPS) is 23.9. The molecule has 0 radical (unpaired) electrons. The summed E-state index contributed by atoms with van der Waals surface area (Å²) < 4.78 is 28.7. The third-order valence-electron chi connectivity index (χ3n) is 12.7. The van der Waals surface area contributed by atoms with Gasteiger partial charge in [-0.2, -0.15) is 4.72 Å². The lowest BCUT2D eigenvalue weighted by Crippen LogP contribution is -2.63. The van der Waals surface area contributed by atoms with Gasteiger partial charge in [-0.05, 0) is 129 Å². The molecule has 1 aliphatic heterocycles. The summed E-state index contributed by atoms with van der Waals surface area (Å²) in [6.45, 7) is 9.37. The fraction of sp³-hybridized carbons (Fsp3) is 0.680. The Kier molecular flexibility index (Phi) is 29.7. The van der Waals surface area contributed by atoms with Crippen molar-refractivity contribution in [1.29, 1.82) is 0 Å². The summed E-state index contributed by atoms with van der Waals surface area (Å²) in [5, 5.41) is 46.5. The van der Waals surface area contributed by atoms with Gasteiger partial charge in [0.05, 0.1) is 11.0 Å². The van der Waals surface area contributed by atoms with E-state index in [1.807, 2.05) is 0 Å². The largest absolute Gasteiger partial charge is 0.391 e. The first-order chi connectivity index (χ1) is 37.9. The minimum Gasteiger partial charge on any atom is -0.391 e. The van der Waals surface area contributed by atoms with Crippen molar-refractivity contribution in [2.24, 2.45) is 40.5 Å². The van der Waals surface area contributed by atoms with Crippen molar-refractivity contribution < 1.29 is 66.6 Å². The molecule has 0 bridgehead atoms. The van der Waals surface area contributed by atoms with Crippen molar-refractivity contribution in [3.63, 3.8) is 0 Å². The zero-order valence-electron chi connectivity index (χ0n) is 47.2. The Morgan fingerprint density at radius 3 is 1.49 bits per heavy atom. The second-order valence-electron chi connectivity index (χ2n) is 20.9. The number of nitrogens with two attached hydrogens (primary N) is 5. The van der Waals surface area contributed by atoms with Crippen LogP contribution in [0.2, 0.25) is 0 Å². The van der Waals surface area contributed by atoms with E-state index in [-0.39, 0.29) is 94.4 Å². The van der Waals surface area contributed by atoms with Crippen LogP contribution in [0.25, 0.3) is 0 Å². The highest BCUT2D eigenvalue weighted by atomic mass is 32.2. The quantitative estimate of drug-likeness (QED) is 0.0457. The molecule has 10 amide bonds. The van der Waals surface area contributed by atoms with Crippen molar-refractivity contribution >= 4 is 69.1 Å². The number of carbonyl (C=O) groups excluding carboxylic acids is 10. The molecule has 23 N–H and O–H groups in total. The third kappa shape index (κ3) is 23.5. The molecule has 1 aromatic rings. The Labute approximate surface area is 472 Å². The van der Waals surface area contributed by atoms with Crippen LogP contribution in [0.15, 0.2) is 29.2 Å². The van der Waals surface area contributed by atoms with E-state index in [1.165, 1.54) is 12.1 Å². The molecule has 1 fully saturated rings. The minimum absolute atomic E-state index is 0.0246. The molecule has 0 spiro atoms. The molecular weight excluding hydrogens is 1080 g/mol. The Morgan fingerprint density at radius 2 is 1.05 bits per heavy atom. The summed E-state index contributed by atoms with van der Waals surface area (Å²) in [7, 11) is -4.31. The first kappa shape index (κ1) is 70.7. The van der Waals surface area contributed by atoms with Crippen molar-refractivity contribution in [3.05, 3.63) is 29.8 Å². The predicted molar refractivity (Wildman–Crippen MR) is 296 cm³/mol. The second-order valence-corrected chi connectivity index (χ2v) is 22.6. The topological polar surface area (TPSA) is 508 Å². The number of hydrogen-bond donors (Lipinski definition) is 18. The van der Waals surface area contributed by atoms with Crippen LogP contribution in [0.1, 0.15) is 98.5 Å². The van der Waals surface area contributed by atoms with Crippen LogP contribution in [-0.4, -0.2) is 183 Å². The summed E-state index contributed by atoms with van der Waals surface area (Å²) in [6, 6.07) is -7.91. The Balaban J connectivity index is 2.64. The van der Waals surface area contributed by atoms with E-state index in [4.69, 9.17) is 28.7 Å². The van der Waals surface area contributed by atoms with Gasteiger partial charge in [0.25, 0.3) is 5.91 Å². The molecular formula is C50H88N16O14S. The van der Waals surface area contributed by atoms with Crippen LogP contribution >= 0.6 is 0 Å². The number of aliphatic hydroxyl groups is 2. The first-order valence-electron chi connectivity index (χ1n) is 27.0. The number of rotatable bonds is 24. The van der Waals surface area contributed by atoms with Gasteiger partial charge >= 0.3 is 0 Å². The lowest BCUT2D eigenvalue weighted by Gasteiger charge is -2.29. The number of aryl methyl sites for hydroxylation is 1. The number of benzene rings is 1. The maximum Gasteiger partial charge on any atom is 0.272 e. The molecule has 0 saturated carbocycles. The van der Waals surface area contributed by atoms with E-state index >= 15 is 0 Å². The van der Waals surface area contributed by atoms with E-state index < -0.39 is 148 Å². The highest BCUT2D eigenvalue weighted by Gasteiger charge is 2.39. The zero-order chi connectivity index (χ0) is 61.4. The molecule has 0 aliphatic carbocycles. The SMILES string of the molecule is Cc1ccc(S(=O)(=O)N[C@@H](CCN)C(=O)N[C@H](C(=O)N[C@@H](CCN)C(=O)N[C@H]2CCNC(=O)[C@](C)(O)NC(=O)[C@H](CCN)NC(=O)[C@H](CCN)NC(=O)[C@H](CC(C)C)NC(=O)[C@@H](CC(C)C)NC(=O)[C@H](CCN)NC2=O)[C@@H](C)O)cc1. The number of nitrogens with one attached hydrogen (secondary N) is 11. The fourth-order valence-electron chi connectivity index (χ4n) is 8.24. The average molecular weight is 1170 g/mol. The highest BCUT2D eigenvalue weighted by molar-refractivity contribution is 7.89. The van der Waals surface area contributed by atoms with Gasteiger partial charge in [-0.25, -0.2) is 8.42 Å². The molecule has 1 saturated heterocycles. The number of amides is 10. The minimum atomic E-state index is -4.31. The van der Waals surface area contributed by atoms with Gasteiger partial charge in [-0.15, -0.1) is 0 Å². The van der Waals surface area contributed by atoms with Gasteiger partial charge in [0.1, 0.15) is 54.4 Å². The highest BCUT2D eigenvalue weighted by Crippen LogP contribution is 2.14. The maximum atomic E-state index is 14.4. The van der Waals surface area contributed by atoms with Crippen molar-refractivity contribution in [2.75, 3.05) is 39.3 Å². The third-order valence-corrected chi connectivity index (χ3v) is 14.1. The van der Waals surface area contributed by atoms with E-state index in [0.29, 0.717) is 0 Å². The van der Waals surface area contributed by atoms with E-state index in [2.05, 4.69) is 57.9 Å². The molecule has 11 atom stereocenters. The molecule has 2 rings (SSSR count). The number of aliphatic hydroxyl groups excluding tert-OH is 1. The van der Waals surface area contributed by atoms with E-state index in [0.717, 1.165) is 19.4 Å². The lowest BCUT2D eigenvalue weighted by atomic mass is 9.99. The van der Waals surface area contributed by atoms with Crippen molar-refractivity contribution in [1.82, 2.24) is 57.9 Å². The summed E-state index contributed by atoms with van der Waals surface area (Å²) in [5.74, 6) is -10.6. The van der Waals surface area contributed by atoms with Gasteiger partial charge < -0.3 is 92.0 Å². The van der Waals surface area contributed by atoms with Crippen LogP contribution in [0.3, 0.4) is 0 Å². The molecule has 31 heteroatoms. The number of sulfonamides is 1. The van der Waals surface area contributed by atoms with Crippen LogP contribution in [0, 0.1) is 18.8 Å². The molecule has 1 aliphatic rings. The molecule has 81 heavy (non-hydrogen) atoms. The van der Waals surface area contributed by atoms with Crippen LogP contribution in [0.5, 0.6) is 0 Å². The first-order valence-corrected chi connectivity index (χ1v) is 28.5. The van der Waals surface area contributed by atoms with Gasteiger partial charge in [-0.3, -0.25) is 47.9 Å². The molecule has 30 nitrogen and oxygen atoms in total. The molecule has 1 heterocycles. The lowest BCUT2D eigenvalue weighted by molar-refractivity contribution is -0.148. The van der Waals surface area contributed by atoms with Gasteiger partial charge in [0.15, 0.2) is 0 Å². The fourth-order valence-corrected chi connectivity index (χ4v) is 9.47. The van der Waals surface area contributed by atoms with Gasteiger partial charge in [0, 0.05) is 6.54 Å². The summed E-state index contributed by atoms with van der Waals surface area (Å²) in [6.07, 6.45) is -3.27. The monoisotopic (exact) mass is 1170 g/mol. The van der Waals surface area contributed by atoms with E-state index in [9.17, 15) is 66.6 Å². The van der Waals surface area contributed by atoms with Gasteiger partial charge in [0.2, 0.25) is 68.9 Å². The summed E-state index contributed by atoms with van der Waals surface area (Å²) in [5.41, 5.74) is 27.1. The average Bonchev–Trinajstić information content (AvgIpc) is 3.37. The molecule has 0 aromatic heterocycles. The standard InChI is InChI=1S/C50H88N16O14S/c1-26(2)24-37-45(73)58-31(12-18-51)40(68)59-34(15-21-54)47(75)65-50(7,78)49(77)56-23-17-35(43(71)57-32(13-19-52)42(70)62-38(25-27(3)4)46(74)63-37)60-41(69)33(14-20-53)61-48(76)39(29(6)67)64-44(72)36(16-22-55)66-81(79,80)30-10-8-28(5)9-11-30/h8-11,26-27,29,31-39,66-67,78H,12-25,51-55H2,1-7H3,(H,56,77)(H,57,71)(H,58,73)(H,59,68)(H,60,69)(H,61,76)(H,62,70)(H,63,74)(H,64,72)(H,65,75)/t29-,31+,32+,33+,34+,35+,36+,37+,38-,39+,50+/m1/s1. The van der Waals surface area contributed by atoms with Crippen LogP contribution < -0.4 is 86.6 Å². The molecule has 1 aromatic carbocycles. The van der Waals surface area contributed by atoms with Crippen molar-refractivity contribution in [2.45, 2.75) is 171 Å². The van der Waals surface area contributed by atoms with Crippen LogP contribution in [-0.2, 0) is 58.0 Å². The Bertz CT molecular complexity index is 2410. The summed E-state index contributed by atoms with van der Waals surface area (Å²) in [4.78, 5) is 139. The number of carbonyl (C=O) groups is 10.